The Morgan fingerprint density at radius 3 is 2.57 bits per heavy atom. The Hall–Kier alpha value is -3.99. The third-order valence-electron chi connectivity index (χ3n) is 9.63. The van der Waals surface area contributed by atoms with E-state index in [1.54, 1.807) is 50.5 Å². The number of benzene rings is 2. The van der Waals surface area contributed by atoms with Crippen molar-refractivity contribution in [2.75, 3.05) is 13.7 Å². The molecule has 0 spiro atoms. The molecule has 3 N–H and O–H groups in total. The second-order valence-electron chi connectivity index (χ2n) is 12.8. The van der Waals surface area contributed by atoms with E-state index in [9.17, 15) is 23.1 Å². The van der Waals surface area contributed by atoms with Crippen LogP contribution in [0.4, 0.5) is 0 Å². The molecule has 3 aromatic rings. The van der Waals surface area contributed by atoms with E-state index in [4.69, 9.17) is 4.74 Å². The monoisotopic (exact) mass is 659 g/mol. The lowest BCUT2D eigenvalue weighted by atomic mass is 9.77. The summed E-state index contributed by atoms with van der Waals surface area (Å²) < 4.78 is 37.7. The van der Waals surface area contributed by atoms with Gasteiger partial charge in [-0.05, 0) is 67.3 Å². The summed E-state index contributed by atoms with van der Waals surface area (Å²) in [6.45, 7) is 7.97. The Kier molecular flexibility index (Phi) is 10.5. The Labute approximate surface area is 277 Å². The topological polar surface area (TPSA) is 127 Å². The molecule has 5 rings (SSSR count). The molecule has 10 heteroatoms. The number of ether oxygens (including phenoxy) is 1. The summed E-state index contributed by atoms with van der Waals surface area (Å²) in [5, 5.41) is 11.7. The second kappa shape index (κ2) is 14.4. The number of carbonyl (C=O) groups is 2. The first-order chi connectivity index (χ1) is 22.5. The molecule has 1 amide bonds. The number of carboxylic acids is 1. The highest BCUT2D eigenvalue weighted by molar-refractivity contribution is 7.88. The zero-order chi connectivity index (χ0) is 33.8. The fraction of sp³-hybridized carbons (Fsp3) is 0.405. The van der Waals surface area contributed by atoms with E-state index in [2.05, 4.69) is 32.7 Å². The highest BCUT2D eigenvalue weighted by atomic mass is 32.2. The minimum atomic E-state index is -4.16. The van der Waals surface area contributed by atoms with Gasteiger partial charge < -0.3 is 14.4 Å². The number of nitrogens with one attached hydrogen (secondary N) is 2. The molecule has 0 bridgehead atoms. The number of carboxylic acid groups (broad SMARTS) is 1. The van der Waals surface area contributed by atoms with Gasteiger partial charge in [0, 0.05) is 42.2 Å². The van der Waals surface area contributed by atoms with E-state index in [1.165, 1.54) is 12.0 Å². The second-order valence-corrected chi connectivity index (χ2v) is 14.3. The number of nitrogens with zero attached hydrogens (tertiary/aromatic N) is 1. The summed E-state index contributed by atoms with van der Waals surface area (Å²) in [6, 6.07) is 11.5. The quantitative estimate of drug-likeness (QED) is 0.184. The fourth-order valence-electron chi connectivity index (χ4n) is 7.09. The molecule has 0 radical (unpaired) electrons. The molecule has 0 saturated heterocycles. The Morgan fingerprint density at radius 2 is 1.89 bits per heavy atom. The lowest BCUT2D eigenvalue weighted by Gasteiger charge is -2.28. The maximum atomic E-state index is 13.4. The number of carbonyl (C=O) groups excluding carboxylic acids is 1. The third-order valence-corrected chi connectivity index (χ3v) is 10.6. The number of hydrogen-bond donors (Lipinski definition) is 3. The van der Waals surface area contributed by atoms with Gasteiger partial charge in [0.1, 0.15) is 0 Å². The van der Waals surface area contributed by atoms with Crippen molar-refractivity contribution in [3.05, 3.63) is 95.1 Å². The molecule has 2 aliphatic rings. The number of hydrogen-bond acceptors (Lipinski definition) is 5. The number of aromatic nitrogens is 1. The number of amides is 1. The average molecular weight is 660 g/mol. The maximum absolute atomic E-state index is 13.4. The lowest BCUT2D eigenvalue weighted by Crippen LogP contribution is -2.40. The van der Waals surface area contributed by atoms with Crippen LogP contribution in [0.2, 0.25) is 0 Å². The smallest absolute Gasteiger partial charge is 0.311 e. The van der Waals surface area contributed by atoms with E-state index >= 15 is 0 Å². The van der Waals surface area contributed by atoms with Gasteiger partial charge in [0.25, 0.3) is 5.91 Å². The molecule has 2 aromatic carbocycles. The zero-order valence-corrected chi connectivity index (χ0v) is 28.3. The van der Waals surface area contributed by atoms with Gasteiger partial charge in [0.15, 0.2) is 0 Å². The van der Waals surface area contributed by atoms with Crippen LogP contribution in [-0.2, 0) is 39.3 Å². The van der Waals surface area contributed by atoms with Crippen molar-refractivity contribution in [3.8, 4) is 11.3 Å². The van der Waals surface area contributed by atoms with Crippen LogP contribution in [0.1, 0.15) is 85.3 Å². The SMILES string of the molecule is C=C/C=C\C=C(/C)CNS(=O)(=O)NC(=O)c1ccc2c(C3CCCCC3)c3n(c2c1)CC(CC)(C(=O)O)Cc1cc(COC)ccc1-3. The van der Waals surface area contributed by atoms with Crippen molar-refractivity contribution in [2.45, 2.75) is 77.9 Å². The van der Waals surface area contributed by atoms with Crippen LogP contribution in [0, 0.1) is 5.41 Å². The molecule has 1 saturated carbocycles. The van der Waals surface area contributed by atoms with Crippen molar-refractivity contribution < 1.29 is 27.9 Å². The van der Waals surface area contributed by atoms with Crippen LogP contribution < -0.4 is 9.44 Å². The highest BCUT2D eigenvalue weighted by Crippen LogP contribution is 2.49. The maximum Gasteiger partial charge on any atom is 0.311 e. The fourth-order valence-corrected chi connectivity index (χ4v) is 7.95. The van der Waals surface area contributed by atoms with E-state index in [1.807, 2.05) is 19.1 Å². The third kappa shape index (κ3) is 7.30. The molecule has 47 heavy (non-hydrogen) atoms. The molecule has 9 nitrogen and oxygen atoms in total. The van der Waals surface area contributed by atoms with Gasteiger partial charge in [0.05, 0.1) is 17.7 Å². The summed E-state index contributed by atoms with van der Waals surface area (Å²) in [5.41, 5.74) is 5.73. The van der Waals surface area contributed by atoms with E-state index in [0.29, 0.717) is 19.4 Å². The predicted molar refractivity (Wildman–Crippen MR) is 185 cm³/mol. The van der Waals surface area contributed by atoms with Crippen molar-refractivity contribution in [2.24, 2.45) is 5.41 Å². The first kappa shape index (κ1) is 34.3. The van der Waals surface area contributed by atoms with Crippen LogP contribution in [-0.4, -0.2) is 43.6 Å². The Balaban J connectivity index is 1.62. The molecular formula is C37H45N3O6S. The zero-order valence-electron chi connectivity index (χ0n) is 27.5. The number of rotatable bonds is 12. The van der Waals surface area contributed by atoms with Crippen LogP contribution in [0.25, 0.3) is 22.2 Å². The highest BCUT2D eigenvalue weighted by Gasteiger charge is 2.42. The van der Waals surface area contributed by atoms with Gasteiger partial charge in [-0.1, -0.05) is 86.9 Å². The van der Waals surface area contributed by atoms with Gasteiger partial charge in [0.2, 0.25) is 0 Å². The summed E-state index contributed by atoms with van der Waals surface area (Å²) in [7, 11) is -2.51. The summed E-state index contributed by atoms with van der Waals surface area (Å²) >= 11 is 0. The summed E-state index contributed by atoms with van der Waals surface area (Å²) in [4.78, 5) is 26.5. The van der Waals surface area contributed by atoms with Gasteiger partial charge in [-0.15, -0.1) is 0 Å². The predicted octanol–water partition coefficient (Wildman–Crippen LogP) is 6.79. The van der Waals surface area contributed by atoms with Crippen molar-refractivity contribution in [1.29, 1.82) is 0 Å². The normalized spacial score (nSPS) is 18.9. The standard InChI is InChI=1S/C37H45N3O6S/c1-5-7-9-12-25(3)22-38-47(44,45)39-35(41)28-16-18-31-32(20-28)40-24-37(6-2,36(42)43)21-29-19-26(23-46-4)15-17-30(29)34(40)33(31)27-13-10-8-11-14-27/h5,7,9,12,15-20,27,38H,1,6,8,10-11,13-14,21-24H2,2-4H3,(H,39,41)(H,42,43)/b9-7-,25-12+. The van der Waals surface area contributed by atoms with E-state index in [-0.39, 0.29) is 24.6 Å². The molecule has 250 valence electrons. The molecule has 2 heterocycles. The average Bonchev–Trinajstić information content (AvgIpc) is 3.27. The molecule has 1 aliphatic heterocycles. The number of methoxy groups -OCH3 is 1. The number of allylic oxidation sites excluding steroid dienone is 4. The van der Waals surface area contributed by atoms with Gasteiger partial charge in [-0.3, -0.25) is 9.59 Å². The number of aliphatic carboxylic acids is 1. The van der Waals surface area contributed by atoms with E-state index in [0.717, 1.165) is 64.5 Å². The lowest BCUT2D eigenvalue weighted by molar-refractivity contribution is -0.150. The van der Waals surface area contributed by atoms with Crippen LogP contribution in [0.3, 0.4) is 0 Å². The first-order valence-corrected chi connectivity index (χ1v) is 17.8. The molecule has 1 unspecified atom stereocenters. The minimum Gasteiger partial charge on any atom is -0.481 e. The van der Waals surface area contributed by atoms with Crippen LogP contribution >= 0.6 is 0 Å². The van der Waals surface area contributed by atoms with Crippen molar-refractivity contribution >= 4 is 33.0 Å². The van der Waals surface area contributed by atoms with Crippen LogP contribution in [0.5, 0.6) is 0 Å². The van der Waals surface area contributed by atoms with Gasteiger partial charge >= 0.3 is 16.2 Å². The molecular weight excluding hydrogens is 614 g/mol. The molecule has 1 aliphatic carbocycles. The Bertz CT molecular complexity index is 1850. The molecule has 1 atom stereocenters. The molecule has 1 aromatic heterocycles. The largest absolute Gasteiger partial charge is 0.481 e. The first-order valence-electron chi connectivity index (χ1n) is 16.3. The van der Waals surface area contributed by atoms with Crippen molar-refractivity contribution in [1.82, 2.24) is 14.0 Å². The van der Waals surface area contributed by atoms with Gasteiger partial charge in [-0.2, -0.15) is 13.1 Å². The summed E-state index contributed by atoms with van der Waals surface area (Å²) in [6.07, 6.45) is 13.1. The molecule has 1 fully saturated rings. The summed E-state index contributed by atoms with van der Waals surface area (Å²) in [5.74, 6) is -1.34. The van der Waals surface area contributed by atoms with E-state index < -0.39 is 27.5 Å². The van der Waals surface area contributed by atoms with Crippen molar-refractivity contribution in [3.63, 3.8) is 0 Å². The van der Waals surface area contributed by atoms with Crippen LogP contribution in [0.15, 0.2) is 72.9 Å². The minimum absolute atomic E-state index is 0.0277. The van der Waals surface area contributed by atoms with Gasteiger partial charge in [-0.25, -0.2) is 4.72 Å². The Morgan fingerprint density at radius 1 is 1.13 bits per heavy atom. The number of fused-ring (bicyclic) bond motifs is 5.